The third kappa shape index (κ3) is 4.43. The van der Waals surface area contributed by atoms with Crippen LogP contribution in [0.4, 0.5) is 5.69 Å². The fourth-order valence-corrected chi connectivity index (χ4v) is 2.81. The van der Waals surface area contributed by atoms with Crippen LogP contribution in [0.3, 0.4) is 0 Å². The molecule has 10 heteroatoms. The molecule has 0 saturated heterocycles. The largest absolute Gasteiger partial charge is 0.493 e. The van der Waals surface area contributed by atoms with Crippen LogP contribution in [-0.2, 0) is 4.74 Å². The van der Waals surface area contributed by atoms with Gasteiger partial charge in [-0.15, -0.1) is 0 Å². The van der Waals surface area contributed by atoms with E-state index in [4.69, 9.17) is 23.7 Å². The molecule has 30 heavy (non-hydrogen) atoms. The first-order valence-corrected chi connectivity index (χ1v) is 8.95. The summed E-state index contributed by atoms with van der Waals surface area (Å²) in [6.45, 7) is 0.370. The predicted molar refractivity (Wildman–Crippen MR) is 103 cm³/mol. The molecule has 2 aromatic carbocycles. The van der Waals surface area contributed by atoms with Gasteiger partial charge in [-0.1, -0.05) is 0 Å². The monoisotopic (exact) mass is 417 g/mol. The number of carbonyl (C=O) groups excluding carboxylic acids is 2. The van der Waals surface area contributed by atoms with E-state index in [0.29, 0.717) is 24.7 Å². The number of nitro groups is 1. The maximum Gasteiger partial charge on any atom is 0.345 e. The van der Waals surface area contributed by atoms with E-state index in [1.165, 1.54) is 26.4 Å². The number of carbonyl (C=O) groups is 2. The lowest BCUT2D eigenvalue weighted by Gasteiger charge is -2.11. The fraction of sp³-hybridized carbons (Fsp3) is 0.300. The molecule has 0 N–H and O–H groups in total. The van der Waals surface area contributed by atoms with Crippen LogP contribution in [0.5, 0.6) is 23.0 Å². The Morgan fingerprint density at radius 1 is 1.03 bits per heavy atom. The van der Waals surface area contributed by atoms with Crippen LogP contribution < -0.4 is 18.9 Å². The summed E-state index contributed by atoms with van der Waals surface area (Å²) in [4.78, 5) is 35.5. The first-order valence-electron chi connectivity index (χ1n) is 8.95. The van der Waals surface area contributed by atoms with Crippen molar-refractivity contribution in [2.75, 3.05) is 34.0 Å². The number of fused-ring (bicyclic) bond motifs is 1. The van der Waals surface area contributed by atoms with Gasteiger partial charge in [0, 0.05) is 18.1 Å². The topological polar surface area (TPSA) is 123 Å². The second-order valence-electron chi connectivity index (χ2n) is 6.19. The van der Waals surface area contributed by atoms with Gasteiger partial charge in [-0.2, -0.15) is 0 Å². The Balaban J connectivity index is 1.76. The van der Waals surface area contributed by atoms with Gasteiger partial charge in [0.25, 0.3) is 5.69 Å². The van der Waals surface area contributed by atoms with Crippen molar-refractivity contribution >= 4 is 17.4 Å². The van der Waals surface area contributed by atoms with Crippen LogP contribution in [0.25, 0.3) is 0 Å². The number of hydrogen-bond donors (Lipinski definition) is 0. The van der Waals surface area contributed by atoms with Crippen LogP contribution in [0, 0.1) is 10.1 Å². The average Bonchev–Trinajstić information content (AvgIpc) is 3.00. The second-order valence-corrected chi connectivity index (χ2v) is 6.19. The van der Waals surface area contributed by atoms with Gasteiger partial charge in [0.05, 0.1) is 38.4 Å². The van der Waals surface area contributed by atoms with Crippen molar-refractivity contribution in [3.05, 3.63) is 51.6 Å². The number of esters is 1. The summed E-state index contributed by atoms with van der Waals surface area (Å²) in [6, 6.07) is 6.84. The Hall–Kier alpha value is -3.82. The average molecular weight is 417 g/mol. The van der Waals surface area contributed by atoms with E-state index in [1.54, 1.807) is 6.07 Å². The highest BCUT2D eigenvalue weighted by Crippen LogP contribution is 2.35. The summed E-state index contributed by atoms with van der Waals surface area (Å²) in [5, 5.41) is 11.3. The second kappa shape index (κ2) is 9.12. The van der Waals surface area contributed by atoms with E-state index in [1.807, 2.05) is 0 Å². The van der Waals surface area contributed by atoms with Crippen molar-refractivity contribution in [2.45, 2.75) is 6.42 Å². The molecule has 1 heterocycles. The summed E-state index contributed by atoms with van der Waals surface area (Å²) in [6.07, 6.45) is 0.722. The van der Waals surface area contributed by atoms with Gasteiger partial charge in [-0.3, -0.25) is 14.9 Å². The maximum absolute atomic E-state index is 12.4. The molecule has 1 aliphatic heterocycles. The lowest BCUT2D eigenvalue weighted by atomic mass is 10.1. The quantitative estimate of drug-likeness (QED) is 0.289. The minimum absolute atomic E-state index is 0.0871. The van der Waals surface area contributed by atoms with Gasteiger partial charge >= 0.3 is 5.97 Å². The van der Waals surface area contributed by atoms with Crippen LogP contribution in [0.1, 0.15) is 27.1 Å². The first kappa shape index (κ1) is 20.9. The van der Waals surface area contributed by atoms with Gasteiger partial charge < -0.3 is 23.7 Å². The number of nitrogens with zero attached hydrogens (tertiary/aromatic N) is 1. The standard InChI is InChI=1S/C20H19NO9/c1-26-17-9-13(14(21(24)25)10-18(17)27-2)20(23)30-11-15(22)12-4-5-16-19(8-12)29-7-3-6-28-16/h4-5,8-10H,3,6-7,11H2,1-2H3. The van der Waals surface area contributed by atoms with Crippen molar-refractivity contribution in [2.24, 2.45) is 0 Å². The van der Waals surface area contributed by atoms with E-state index >= 15 is 0 Å². The number of nitro benzene ring substituents is 1. The Morgan fingerprint density at radius 3 is 2.37 bits per heavy atom. The number of hydrogen-bond acceptors (Lipinski definition) is 9. The molecule has 2 aromatic rings. The molecule has 10 nitrogen and oxygen atoms in total. The summed E-state index contributed by atoms with van der Waals surface area (Å²) >= 11 is 0. The smallest absolute Gasteiger partial charge is 0.345 e. The van der Waals surface area contributed by atoms with Crippen molar-refractivity contribution in [1.29, 1.82) is 0 Å². The van der Waals surface area contributed by atoms with Gasteiger partial charge in [0.1, 0.15) is 5.56 Å². The molecule has 1 aliphatic rings. The van der Waals surface area contributed by atoms with E-state index in [-0.39, 0.29) is 22.6 Å². The molecule has 0 radical (unpaired) electrons. The highest BCUT2D eigenvalue weighted by atomic mass is 16.6. The molecule has 0 saturated carbocycles. The molecular weight excluding hydrogens is 398 g/mol. The molecule has 0 amide bonds. The number of ether oxygens (including phenoxy) is 5. The highest BCUT2D eigenvalue weighted by molar-refractivity contribution is 6.01. The van der Waals surface area contributed by atoms with Crippen LogP contribution >= 0.6 is 0 Å². The van der Waals surface area contributed by atoms with Crippen molar-refractivity contribution in [3.63, 3.8) is 0 Å². The summed E-state index contributed by atoms with van der Waals surface area (Å²) in [7, 11) is 2.64. The zero-order valence-corrected chi connectivity index (χ0v) is 16.3. The van der Waals surface area contributed by atoms with Gasteiger partial charge in [-0.05, 0) is 18.2 Å². The number of methoxy groups -OCH3 is 2. The highest BCUT2D eigenvalue weighted by Gasteiger charge is 2.26. The number of ketones is 1. The molecular formula is C20H19NO9. The van der Waals surface area contributed by atoms with Gasteiger partial charge in [-0.25, -0.2) is 4.79 Å². The minimum Gasteiger partial charge on any atom is -0.493 e. The van der Waals surface area contributed by atoms with Crippen molar-refractivity contribution in [3.8, 4) is 23.0 Å². The Labute approximate surface area is 171 Å². The molecule has 0 aromatic heterocycles. The molecule has 3 rings (SSSR count). The normalized spacial score (nSPS) is 12.5. The molecule has 158 valence electrons. The summed E-state index contributed by atoms with van der Waals surface area (Å²) in [5.41, 5.74) is -0.626. The number of benzene rings is 2. The molecule has 0 unspecified atom stereocenters. The predicted octanol–water partition coefficient (Wildman–Crippen LogP) is 2.81. The molecule has 0 spiro atoms. The number of Topliss-reactive ketones (excluding diaryl/α,β-unsaturated/α-hetero) is 1. The molecule has 0 atom stereocenters. The summed E-state index contributed by atoms with van der Waals surface area (Å²) in [5.74, 6) is -0.372. The van der Waals surface area contributed by atoms with E-state index in [0.717, 1.165) is 18.6 Å². The van der Waals surface area contributed by atoms with Crippen LogP contribution in [0.2, 0.25) is 0 Å². The molecule has 0 bridgehead atoms. The summed E-state index contributed by atoms with van der Waals surface area (Å²) < 4.78 is 26.1. The van der Waals surface area contributed by atoms with Crippen molar-refractivity contribution < 1.29 is 38.2 Å². The number of rotatable bonds is 7. The Morgan fingerprint density at radius 2 is 1.70 bits per heavy atom. The first-order chi connectivity index (χ1) is 14.4. The van der Waals surface area contributed by atoms with E-state index < -0.39 is 29.0 Å². The van der Waals surface area contributed by atoms with Crippen LogP contribution in [0.15, 0.2) is 30.3 Å². The zero-order valence-electron chi connectivity index (χ0n) is 16.3. The van der Waals surface area contributed by atoms with E-state index in [9.17, 15) is 19.7 Å². The fourth-order valence-electron chi connectivity index (χ4n) is 2.81. The third-order valence-electron chi connectivity index (χ3n) is 4.32. The lowest BCUT2D eigenvalue weighted by molar-refractivity contribution is -0.385. The van der Waals surface area contributed by atoms with Gasteiger partial charge in [0.2, 0.25) is 0 Å². The maximum atomic E-state index is 12.4. The molecule has 0 aliphatic carbocycles. The van der Waals surface area contributed by atoms with Crippen LogP contribution in [-0.4, -0.2) is 50.7 Å². The molecule has 0 fully saturated rings. The minimum atomic E-state index is -1.04. The van der Waals surface area contributed by atoms with Gasteiger partial charge in [0.15, 0.2) is 35.4 Å². The Bertz CT molecular complexity index is 986. The van der Waals surface area contributed by atoms with E-state index in [2.05, 4.69) is 0 Å². The zero-order chi connectivity index (χ0) is 21.7. The van der Waals surface area contributed by atoms with Crippen molar-refractivity contribution in [1.82, 2.24) is 0 Å². The Kier molecular flexibility index (Phi) is 6.35. The third-order valence-corrected chi connectivity index (χ3v) is 4.32. The lowest BCUT2D eigenvalue weighted by Crippen LogP contribution is -2.16. The SMILES string of the molecule is COc1cc(C(=O)OCC(=O)c2ccc3c(c2)OCCCO3)c([N+](=O)[O-])cc1OC.